The number of fused-ring (bicyclic) bond motifs is 1. The first-order chi connectivity index (χ1) is 10.3. The van der Waals surface area contributed by atoms with Crippen LogP contribution < -0.4 is 16.8 Å². The van der Waals surface area contributed by atoms with Crippen molar-refractivity contribution in [3.63, 3.8) is 0 Å². The van der Waals surface area contributed by atoms with E-state index in [9.17, 15) is 14.7 Å². The molecule has 2 unspecified atom stereocenters. The number of amides is 2. The Morgan fingerprint density at radius 2 is 2.05 bits per heavy atom. The normalized spacial score (nSPS) is 13.8. The molecule has 0 spiro atoms. The number of thioether (sulfide) groups is 1. The van der Waals surface area contributed by atoms with Crippen LogP contribution in [0.5, 0.6) is 0 Å². The molecule has 0 fully saturated rings. The smallest absolute Gasteiger partial charge is 0.286 e. The van der Waals surface area contributed by atoms with Gasteiger partial charge in [0.1, 0.15) is 11.6 Å². The topological polar surface area (TPSA) is 173 Å². The maximum atomic E-state index is 11.9. The number of nitrogens with two attached hydrogens (primary N) is 2. The van der Waals surface area contributed by atoms with Crippen LogP contribution in [0.2, 0.25) is 0 Å². The van der Waals surface area contributed by atoms with Crippen LogP contribution in [0.4, 0.5) is 5.82 Å². The first kappa shape index (κ1) is 16.1. The van der Waals surface area contributed by atoms with Gasteiger partial charge in [-0.25, -0.2) is 15.0 Å². The van der Waals surface area contributed by atoms with Crippen LogP contribution in [-0.2, 0) is 4.79 Å². The lowest BCUT2D eigenvalue weighted by atomic mass is 10.2. The van der Waals surface area contributed by atoms with Crippen LogP contribution in [-0.4, -0.2) is 55.3 Å². The Morgan fingerprint density at radius 1 is 1.36 bits per heavy atom. The molecule has 0 saturated carbocycles. The van der Waals surface area contributed by atoms with Gasteiger partial charge in [-0.05, 0) is 13.2 Å². The minimum Gasteiger partial charge on any atom is -0.391 e. The summed E-state index contributed by atoms with van der Waals surface area (Å²) in [5.74, 6) is -1.78. The number of aliphatic hydroxyl groups excluding tert-OH is 1. The Balaban J connectivity index is 2.48. The predicted octanol–water partition coefficient (Wildman–Crippen LogP) is -1.18. The van der Waals surface area contributed by atoms with E-state index in [1.807, 2.05) is 0 Å². The van der Waals surface area contributed by atoms with Crippen LogP contribution in [0, 0.1) is 0 Å². The molecule has 2 aromatic rings. The van der Waals surface area contributed by atoms with E-state index in [0.29, 0.717) is 10.7 Å². The second-order valence-corrected chi connectivity index (χ2v) is 5.26. The van der Waals surface area contributed by atoms with Crippen molar-refractivity contribution in [2.24, 2.45) is 11.5 Å². The molecule has 2 amide bonds. The molecule has 0 aliphatic heterocycles. The number of nitrogens with zero attached hydrogens (tertiary/aromatic N) is 3. The molecule has 11 heteroatoms. The molecule has 0 saturated heterocycles. The number of aromatic nitrogens is 4. The van der Waals surface area contributed by atoms with Crippen molar-refractivity contribution < 1.29 is 14.7 Å². The van der Waals surface area contributed by atoms with Crippen molar-refractivity contribution in [1.82, 2.24) is 19.9 Å². The summed E-state index contributed by atoms with van der Waals surface area (Å²) in [6, 6.07) is -1.15. The number of imidazole rings is 1. The maximum absolute atomic E-state index is 11.9. The van der Waals surface area contributed by atoms with Crippen molar-refractivity contribution in [2.45, 2.75) is 24.2 Å². The number of H-pyrrole nitrogens is 1. The van der Waals surface area contributed by atoms with Crippen LogP contribution in [0.15, 0.2) is 5.16 Å². The number of hydrogen-bond acceptors (Lipinski definition) is 8. The zero-order valence-electron chi connectivity index (χ0n) is 11.8. The number of carbonyl (C=O) groups is 2. The third-order valence-electron chi connectivity index (χ3n) is 2.81. The molecule has 0 aliphatic carbocycles. The molecular weight excluding hydrogens is 310 g/mol. The van der Waals surface area contributed by atoms with Gasteiger partial charge in [0.2, 0.25) is 11.7 Å². The second kappa shape index (κ2) is 6.25. The molecule has 10 nitrogen and oxygen atoms in total. The van der Waals surface area contributed by atoms with E-state index in [0.717, 1.165) is 0 Å². The van der Waals surface area contributed by atoms with Gasteiger partial charge in [0, 0.05) is 0 Å². The molecule has 0 radical (unpaired) electrons. The summed E-state index contributed by atoms with van der Waals surface area (Å²) in [5, 5.41) is 12.3. The van der Waals surface area contributed by atoms with E-state index in [-0.39, 0.29) is 17.3 Å². The van der Waals surface area contributed by atoms with Crippen molar-refractivity contribution in [1.29, 1.82) is 0 Å². The highest BCUT2D eigenvalue weighted by molar-refractivity contribution is 7.98. The lowest BCUT2D eigenvalue weighted by molar-refractivity contribution is -0.119. The molecule has 22 heavy (non-hydrogen) atoms. The number of nitrogens with one attached hydrogen (secondary N) is 2. The van der Waals surface area contributed by atoms with Crippen molar-refractivity contribution >= 4 is 40.6 Å². The average molecular weight is 325 g/mol. The van der Waals surface area contributed by atoms with Gasteiger partial charge in [-0.3, -0.25) is 9.59 Å². The quantitative estimate of drug-likeness (QED) is 0.427. The number of anilines is 1. The van der Waals surface area contributed by atoms with Gasteiger partial charge in [0.25, 0.3) is 5.91 Å². The molecule has 2 aromatic heterocycles. The largest absolute Gasteiger partial charge is 0.391 e. The Hall–Kier alpha value is -2.24. The molecule has 2 atom stereocenters. The Kier molecular flexibility index (Phi) is 4.59. The SMILES string of the molecule is CSc1nc2nc(C(N)=O)nc(NC(=O)C(N)C(C)O)c2[nH]1. The number of primary amides is 1. The zero-order valence-corrected chi connectivity index (χ0v) is 12.6. The minimum atomic E-state index is -1.15. The third kappa shape index (κ3) is 3.16. The van der Waals surface area contributed by atoms with Gasteiger partial charge in [-0.1, -0.05) is 11.8 Å². The van der Waals surface area contributed by atoms with Gasteiger partial charge in [-0.2, -0.15) is 0 Å². The summed E-state index contributed by atoms with van der Waals surface area (Å²) in [7, 11) is 0. The first-order valence-corrected chi connectivity index (χ1v) is 7.42. The molecule has 0 bridgehead atoms. The monoisotopic (exact) mass is 325 g/mol. The Morgan fingerprint density at radius 3 is 2.59 bits per heavy atom. The molecule has 7 N–H and O–H groups in total. The summed E-state index contributed by atoms with van der Waals surface area (Å²) in [6.07, 6.45) is 0.748. The van der Waals surface area contributed by atoms with E-state index >= 15 is 0 Å². The van der Waals surface area contributed by atoms with E-state index in [1.54, 1.807) is 6.26 Å². The molecule has 2 heterocycles. The summed E-state index contributed by atoms with van der Waals surface area (Å²) in [5.41, 5.74) is 11.2. The van der Waals surface area contributed by atoms with Crippen LogP contribution in [0.25, 0.3) is 11.2 Å². The number of hydrogen-bond donors (Lipinski definition) is 5. The number of carbonyl (C=O) groups excluding carboxylic acids is 2. The summed E-state index contributed by atoms with van der Waals surface area (Å²) in [6.45, 7) is 1.39. The lowest BCUT2D eigenvalue weighted by Crippen LogP contribution is -2.44. The third-order valence-corrected chi connectivity index (χ3v) is 3.39. The molecular formula is C11H15N7O3S. The fraction of sp³-hybridized carbons (Fsp3) is 0.364. The Bertz CT molecular complexity index is 730. The van der Waals surface area contributed by atoms with Crippen molar-refractivity contribution in [3.05, 3.63) is 5.82 Å². The first-order valence-electron chi connectivity index (χ1n) is 6.19. The average Bonchev–Trinajstić information content (AvgIpc) is 2.89. The van der Waals surface area contributed by atoms with Gasteiger partial charge in [0.05, 0.1) is 6.10 Å². The van der Waals surface area contributed by atoms with Gasteiger partial charge in [-0.15, -0.1) is 0 Å². The minimum absolute atomic E-state index is 0.0210. The molecule has 2 rings (SSSR count). The summed E-state index contributed by atoms with van der Waals surface area (Å²) in [4.78, 5) is 38.1. The zero-order chi connectivity index (χ0) is 16.4. The molecule has 118 valence electrons. The van der Waals surface area contributed by atoms with Crippen molar-refractivity contribution in [3.8, 4) is 0 Å². The van der Waals surface area contributed by atoms with Gasteiger partial charge < -0.3 is 26.9 Å². The lowest BCUT2D eigenvalue weighted by Gasteiger charge is -2.14. The fourth-order valence-corrected chi connectivity index (χ4v) is 1.97. The fourth-order valence-electron chi connectivity index (χ4n) is 1.59. The summed E-state index contributed by atoms with van der Waals surface area (Å²) >= 11 is 1.32. The summed E-state index contributed by atoms with van der Waals surface area (Å²) < 4.78 is 0. The van der Waals surface area contributed by atoms with E-state index in [2.05, 4.69) is 25.3 Å². The van der Waals surface area contributed by atoms with Crippen LogP contribution in [0.1, 0.15) is 17.5 Å². The van der Waals surface area contributed by atoms with E-state index < -0.39 is 24.0 Å². The highest BCUT2D eigenvalue weighted by Crippen LogP contribution is 2.22. The standard InChI is InChI=1S/C11H15N7O3S/c1-3(19)4(12)10(21)17-7-5-8(18-11(14-5)22-2)16-9(15-7)6(13)20/h3-4,19H,12H2,1-2H3,(H2,13,20)(H2,14,15,16,17,18,21). The molecule has 0 aromatic carbocycles. The second-order valence-electron chi connectivity index (χ2n) is 4.46. The number of rotatable bonds is 5. The van der Waals surface area contributed by atoms with E-state index in [1.165, 1.54) is 18.7 Å². The van der Waals surface area contributed by atoms with Crippen LogP contribution in [0.3, 0.4) is 0 Å². The number of aliphatic hydroxyl groups is 1. The molecule has 0 aliphatic rings. The van der Waals surface area contributed by atoms with Crippen LogP contribution >= 0.6 is 11.8 Å². The Labute approximate surface area is 129 Å². The van der Waals surface area contributed by atoms with Crippen molar-refractivity contribution in [2.75, 3.05) is 11.6 Å². The highest BCUT2D eigenvalue weighted by atomic mass is 32.2. The van der Waals surface area contributed by atoms with E-state index in [4.69, 9.17) is 11.5 Å². The van der Waals surface area contributed by atoms with Gasteiger partial charge in [0.15, 0.2) is 16.6 Å². The predicted molar refractivity (Wildman–Crippen MR) is 80.3 cm³/mol. The maximum Gasteiger partial charge on any atom is 0.286 e. The highest BCUT2D eigenvalue weighted by Gasteiger charge is 2.22. The number of aromatic amines is 1. The van der Waals surface area contributed by atoms with Gasteiger partial charge >= 0.3 is 0 Å².